The van der Waals surface area contributed by atoms with Gasteiger partial charge in [0.2, 0.25) is 0 Å². The fourth-order valence-corrected chi connectivity index (χ4v) is 4.43. The molecular formula is C23H33NO4S. The molecule has 1 amide bonds. The maximum Gasteiger partial charge on any atom is 0.412 e. The Morgan fingerprint density at radius 3 is 2.38 bits per heavy atom. The Labute approximate surface area is 178 Å². The van der Waals surface area contributed by atoms with Gasteiger partial charge in [0, 0.05) is 19.0 Å². The van der Waals surface area contributed by atoms with Gasteiger partial charge in [0.25, 0.3) is 0 Å². The van der Waals surface area contributed by atoms with E-state index in [1.54, 1.807) is 14.2 Å². The lowest BCUT2D eigenvalue weighted by molar-refractivity contribution is 0.200. The van der Waals surface area contributed by atoms with E-state index in [2.05, 4.69) is 13.8 Å². The molecule has 0 radical (unpaired) electrons. The first-order valence-corrected chi connectivity index (χ1v) is 11.2. The van der Waals surface area contributed by atoms with Crippen LogP contribution in [0.5, 0.6) is 11.5 Å². The highest BCUT2D eigenvalue weighted by Crippen LogP contribution is 2.33. The Hall–Kier alpha value is -2.21. The molecular weight excluding hydrogens is 386 g/mol. The van der Waals surface area contributed by atoms with Crippen molar-refractivity contribution in [3.8, 4) is 11.5 Å². The molecule has 0 aliphatic heterocycles. The van der Waals surface area contributed by atoms with E-state index in [1.165, 1.54) is 29.1 Å². The lowest BCUT2D eigenvalue weighted by Crippen LogP contribution is -2.34. The van der Waals surface area contributed by atoms with Gasteiger partial charge in [0.15, 0.2) is 0 Å². The summed E-state index contributed by atoms with van der Waals surface area (Å²) >= 11 is 1.49. The number of unbranched alkanes of at least 4 members (excludes halogenated alkanes) is 2. The normalized spacial score (nSPS) is 11.9. The molecule has 6 heteroatoms. The SMILES string of the molecule is CCCCCC(CC)CN(C(=O)O)c1sccc1Cc1cc(OC)cc(OC)c1. The van der Waals surface area contributed by atoms with Gasteiger partial charge < -0.3 is 14.6 Å². The molecule has 0 fully saturated rings. The Kier molecular flexibility index (Phi) is 9.32. The van der Waals surface area contributed by atoms with E-state index in [0.29, 0.717) is 18.9 Å². The monoisotopic (exact) mass is 419 g/mol. The van der Waals surface area contributed by atoms with Crippen molar-refractivity contribution in [3.05, 3.63) is 40.8 Å². The summed E-state index contributed by atoms with van der Waals surface area (Å²) in [7, 11) is 3.26. The van der Waals surface area contributed by atoms with Gasteiger partial charge in [-0.3, -0.25) is 4.90 Å². The number of carboxylic acid groups (broad SMARTS) is 1. The van der Waals surface area contributed by atoms with Crippen molar-refractivity contribution >= 4 is 22.4 Å². The third-order valence-corrected chi connectivity index (χ3v) is 6.22. The van der Waals surface area contributed by atoms with Gasteiger partial charge in [-0.05, 0) is 47.0 Å². The van der Waals surface area contributed by atoms with Crippen LogP contribution in [0.4, 0.5) is 9.80 Å². The highest BCUT2D eigenvalue weighted by Gasteiger charge is 2.23. The number of amides is 1. The van der Waals surface area contributed by atoms with Crippen LogP contribution in [0, 0.1) is 5.92 Å². The van der Waals surface area contributed by atoms with Gasteiger partial charge in [-0.25, -0.2) is 4.79 Å². The molecule has 2 rings (SSSR count). The molecule has 5 nitrogen and oxygen atoms in total. The molecule has 1 atom stereocenters. The van der Waals surface area contributed by atoms with Crippen molar-refractivity contribution in [3.63, 3.8) is 0 Å². The summed E-state index contributed by atoms with van der Waals surface area (Å²) in [6, 6.07) is 7.78. The number of rotatable bonds is 12. The minimum absolute atomic E-state index is 0.379. The molecule has 2 aromatic rings. The summed E-state index contributed by atoms with van der Waals surface area (Å²) < 4.78 is 10.7. The minimum Gasteiger partial charge on any atom is -0.497 e. The predicted molar refractivity (Wildman–Crippen MR) is 120 cm³/mol. The second-order valence-corrected chi connectivity index (χ2v) is 8.21. The van der Waals surface area contributed by atoms with Crippen molar-refractivity contribution < 1.29 is 19.4 Å². The number of hydrogen-bond donors (Lipinski definition) is 1. The highest BCUT2D eigenvalue weighted by atomic mass is 32.1. The number of thiophene rings is 1. The van der Waals surface area contributed by atoms with E-state index in [1.807, 2.05) is 29.6 Å². The third kappa shape index (κ3) is 6.67. The molecule has 0 bridgehead atoms. The number of hydrogen-bond acceptors (Lipinski definition) is 4. The fraction of sp³-hybridized carbons (Fsp3) is 0.522. The van der Waals surface area contributed by atoms with E-state index >= 15 is 0 Å². The lowest BCUT2D eigenvalue weighted by Gasteiger charge is -2.25. The topological polar surface area (TPSA) is 59.0 Å². The maximum absolute atomic E-state index is 12.1. The summed E-state index contributed by atoms with van der Waals surface area (Å²) in [5.74, 6) is 1.84. The van der Waals surface area contributed by atoms with Crippen LogP contribution in [0.3, 0.4) is 0 Å². The smallest absolute Gasteiger partial charge is 0.412 e. The highest BCUT2D eigenvalue weighted by molar-refractivity contribution is 7.14. The zero-order valence-electron chi connectivity index (χ0n) is 17.9. The van der Waals surface area contributed by atoms with Crippen LogP contribution < -0.4 is 14.4 Å². The van der Waals surface area contributed by atoms with Gasteiger partial charge in [0.1, 0.15) is 16.5 Å². The number of methoxy groups -OCH3 is 2. The number of anilines is 1. The van der Waals surface area contributed by atoms with Crippen LogP contribution in [-0.4, -0.2) is 32.0 Å². The number of carbonyl (C=O) groups is 1. The Bertz CT molecular complexity index is 752. The molecule has 160 valence electrons. The second kappa shape index (κ2) is 11.7. The van der Waals surface area contributed by atoms with Gasteiger partial charge in [0.05, 0.1) is 14.2 Å². The molecule has 1 unspecified atom stereocenters. The molecule has 29 heavy (non-hydrogen) atoms. The summed E-state index contributed by atoms with van der Waals surface area (Å²) in [6.45, 7) is 4.88. The van der Waals surface area contributed by atoms with Crippen LogP contribution >= 0.6 is 11.3 Å². The Morgan fingerprint density at radius 2 is 1.83 bits per heavy atom. The molecule has 1 N–H and O–H groups in total. The molecule has 1 aromatic heterocycles. The van der Waals surface area contributed by atoms with Crippen LogP contribution in [0.2, 0.25) is 0 Å². The van der Waals surface area contributed by atoms with Gasteiger partial charge in [-0.2, -0.15) is 0 Å². The van der Waals surface area contributed by atoms with Crippen LogP contribution in [0.1, 0.15) is 57.1 Å². The Balaban J connectivity index is 2.22. The zero-order chi connectivity index (χ0) is 21.2. The molecule has 1 aromatic carbocycles. The van der Waals surface area contributed by atoms with Crippen molar-refractivity contribution in [1.82, 2.24) is 0 Å². The molecule has 1 heterocycles. The van der Waals surface area contributed by atoms with Crippen molar-refractivity contribution in [2.24, 2.45) is 5.92 Å². The maximum atomic E-state index is 12.1. The van der Waals surface area contributed by atoms with E-state index in [9.17, 15) is 9.90 Å². The summed E-state index contributed by atoms with van der Waals surface area (Å²) in [5.41, 5.74) is 2.04. The first-order valence-electron chi connectivity index (χ1n) is 10.3. The molecule has 0 aliphatic carbocycles. The van der Waals surface area contributed by atoms with Crippen LogP contribution in [-0.2, 0) is 6.42 Å². The molecule has 0 saturated heterocycles. The number of nitrogens with zero attached hydrogens (tertiary/aromatic N) is 1. The minimum atomic E-state index is -0.883. The van der Waals surface area contributed by atoms with Crippen molar-refractivity contribution in [1.29, 1.82) is 0 Å². The van der Waals surface area contributed by atoms with E-state index in [0.717, 1.165) is 46.9 Å². The number of benzene rings is 1. The van der Waals surface area contributed by atoms with Crippen molar-refractivity contribution in [2.45, 2.75) is 52.4 Å². The second-order valence-electron chi connectivity index (χ2n) is 7.31. The molecule has 0 spiro atoms. The fourth-order valence-electron chi connectivity index (χ4n) is 3.50. The largest absolute Gasteiger partial charge is 0.497 e. The average molecular weight is 420 g/mol. The third-order valence-electron chi connectivity index (χ3n) is 5.24. The molecule has 0 saturated carbocycles. The van der Waals surface area contributed by atoms with E-state index in [-0.39, 0.29) is 0 Å². The first kappa shape index (κ1) is 23.1. The van der Waals surface area contributed by atoms with Crippen molar-refractivity contribution in [2.75, 3.05) is 25.7 Å². The first-order chi connectivity index (χ1) is 14.0. The van der Waals surface area contributed by atoms with Gasteiger partial charge >= 0.3 is 6.09 Å². The zero-order valence-corrected chi connectivity index (χ0v) is 18.8. The van der Waals surface area contributed by atoms with Crippen LogP contribution in [0.25, 0.3) is 0 Å². The standard InChI is InChI=1S/C23H33NO4S/c1-5-7-8-9-17(6-2)16-24(23(25)26)22-19(10-11-29-22)12-18-13-20(27-3)15-21(14-18)28-4/h10-11,13-15,17H,5-9,12,16H2,1-4H3,(H,25,26). The summed E-state index contributed by atoms with van der Waals surface area (Å²) in [6.07, 6.45) is 5.34. The lowest BCUT2D eigenvalue weighted by atomic mass is 9.98. The quantitative estimate of drug-likeness (QED) is 0.402. The molecule has 0 aliphatic rings. The average Bonchev–Trinajstić information content (AvgIpc) is 3.17. The van der Waals surface area contributed by atoms with E-state index in [4.69, 9.17) is 9.47 Å². The Morgan fingerprint density at radius 1 is 1.14 bits per heavy atom. The van der Waals surface area contributed by atoms with Crippen LogP contribution in [0.15, 0.2) is 29.6 Å². The van der Waals surface area contributed by atoms with E-state index < -0.39 is 6.09 Å². The summed E-state index contributed by atoms with van der Waals surface area (Å²) in [5, 5.41) is 12.7. The summed E-state index contributed by atoms with van der Waals surface area (Å²) in [4.78, 5) is 13.6. The van der Waals surface area contributed by atoms with Gasteiger partial charge in [-0.15, -0.1) is 11.3 Å². The predicted octanol–water partition coefficient (Wildman–Crippen LogP) is 6.45. The van der Waals surface area contributed by atoms with Gasteiger partial charge in [-0.1, -0.05) is 39.5 Å². The number of ether oxygens (including phenoxy) is 2.